The maximum absolute atomic E-state index is 4.81. The number of aliphatic imine (C=N–C) groups is 1. The molecular formula is C24H36IN5. The van der Waals surface area contributed by atoms with Crippen LogP contribution in [0.25, 0.3) is 0 Å². The molecule has 2 N–H and O–H groups in total. The average Bonchev–Trinajstić information content (AvgIpc) is 2.74. The van der Waals surface area contributed by atoms with E-state index >= 15 is 0 Å². The van der Waals surface area contributed by atoms with Crippen molar-refractivity contribution in [2.45, 2.75) is 38.9 Å². The van der Waals surface area contributed by atoms with Gasteiger partial charge in [0.15, 0.2) is 5.96 Å². The molecule has 1 saturated heterocycles. The van der Waals surface area contributed by atoms with Crippen LogP contribution in [0.2, 0.25) is 0 Å². The SMILES string of the molecule is CCNC(=NCc1ccc(N(C)C)cc1)NC1CCN(Cc2ccccc2)CC1.I. The number of hydrogen-bond acceptors (Lipinski definition) is 3. The number of nitrogens with zero attached hydrogens (tertiary/aromatic N) is 3. The summed E-state index contributed by atoms with van der Waals surface area (Å²) >= 11 is 0. The highest BCUT2D eigenvalue weighted by Gasteiger charge is 2.20. The van der Waals surface area contributed by atoms with Crippen LogP contribution < -0.4 is 15.5 Å². The van der Waals surface area contributed by atoms with Crippen LogP contribution in [-0.4, -0.2) is 50.6 Å². The Balaban J connectivity index is 0.00000320. The summed E-state index contributed by atoms with van der Waals surface area (Å²) in [6.07, 6.45) is 2.30. The van der Waals surface area contributed by atoms with E-state index in [1.165, 1.54) is 16.8 Å². The number of benzene rings is 2. The minimum absolute atomic E-state index is 0. The molecular weight excluding hydrogens is 485 g/mol. The third kappa shape index (κ3) is 7.80. The number of piperidine rings is 1. The van der Waals surface area contributed by atoms with Crippen molar-refractivity contribution >= 4 is 35.6 Å². The molecule has 0 bridgehead atoms. The van der Waals surface area contributed by atoms with Gasteiger partial charge in [-0.25, -0.2) is 4.99 Å². The summed E-state index contributed by atoms with van der Waals surface area (Å²) in [5.74, 6) is 0.922. The number of anilines is 1. The summed E-state index contributed by atoms with van der Waals surface area (Å²) in [7, 11) is 4.12. The minimum atomic E-state index is 0. The van der Waals surface area contributed by atoms with E-state index in [0.717, 1.165) is 45.0 Å². The molecule has 0 unspecified atom stereocenters. The fourth-order valence-electron chi connectivity index (χ4n) is 3.66. The largest absolute Gasteiger partial charge is 0.378 e. The van der Waals surface area contributed by atoms with Crippen LogP contribution in [0.3, 0.4) is 0 Å². The quantitative estimate of drug-likeness (QED) is 0.327. The van der Waals surface area contributed by atoms with Gasteiger partial charge in [-0.3, -0.25) is 4.90 Å². The summed E-state index contributed by atoms with van der Waals surface area (Å²) in [5.41, 5.74) is 3.84. The van der Waals surface area contributed by atoms with Gasteiger partial charge in [0, 0.05) is 52.0 Å². The lowest BCUT2D eigenvalue weighted by Crippen LogP contribution is -2.48. The van der Waals surface area contributed by atoms with Gasteiger partial charge in [0.05, 0.1) is 6.54 Å². The first kappa shape index (κ1) is 24.5. The standard InChI is InChI=1S/C24H35N5.HI/c1-4-25-24(26-18-20-10-12-23(13-11-20)28(2)3)27-22-14-16-29(17-15-22)19-21-8-6-5-7-9-21;/h5-13,22H,4,14-19H2,1-3H3,(H2,25,26,27);1H. The molecule has 1 aliphatic heterocycles. The summed E-state index contributed by atoms with van der Waals surface area (Å²) in [4.78, 5) is 9.47. The molecule has 0 amide bonds. The Bertz CT molecular complexity index is 753. The maximum atomic E-state index is 4.81. The van der Waals surface area contributed by atoms with Crippen molar-refractivity contribution in [1.82, 2.24) is 15.5 Å². The van der Waals surface area contributed by atoms with Gasteiger partial charge in [0.1, 0.15) is 0 Å². The monoisotopic (exact) mass is 521 g/mol. The van der Waals surface area contributed by atoms with Gasteiger partial charge in [-0.2, -0.15) is 0 Å². The molecule has 1 fully saturated rings. The Morgan fingerprint density at radius 1 is 1.00 bits per heavy atom. The van der Waals surface area contributed by atoms with Crippen LogP contribution in [0.4, 0.5) is 5.69 Å². The molecule has 1 heterocycles. The van der Waals surface area contributed by atoms with Gasteiger partial charge in [0.25, 0.3) is 0 Å². The average molecular weight is 521 g/mol. The first-order valence-electron chi connectivity index (χ1n) is 10.7. The zero-order chi connectivity index (χ0) is 20.5. The lowest BCUT2D eigenvalue weighted by atomic mass is 10.0. The third-order valence-corrected chi connectivity index (χ3v) is 5.39. The van der Waals surface area contributed by atoms with Crippen molar-refractivity contribution in [2.24, 2.45) is 4.99 Å². The van der Waals surface area contributed by atoms with Crippen molar-refractivity contribution in [3.05, 3.63) is 65.7 Å². The second-order valence-electron chi connectivity index (χ2n) is 7.94. The number of likely N-dealkylation sites (tertiary alicyclic amines) is 1. The lowest BCUT2D eigenvalue weighted by molar-refractivity contribution is 0.198. The van der Waals surface area contributed by atoms with E-state index in [-0.39, 0.29) is 24.0 Å². The van der Waals surface area contributed by atoms with Gasteiger partial charge < -0.3 is 15.5 Å². The van der Waals surface area contributed by atoms with E-state index in [0.29, 0.717) is 12.6 Å². The zero-order valence-electron chi connectivity index (χ0n) is 18.5. The van der Waals surface area contributed by atoms with Crippen molar-refractivity contribution in [3.8, 4) is 0 Å². The second kappa shape index (κ2) is 12.8. The summed E-state index contributed by atoms with van der Waals surface area (Å²) in [6, 6.07) is 19.8. The van der Waals surface area contributed by atoms with Crippen LogP contribution in [0, 0.1) is 0 Å². The van der Waals surface area contributed by atoms with Crippen LogP contribution in [0.1, 0.15) is 30.9 Å². The molecule has 5 nitrogen and oxygen atoms in total. The number of guanidine groups is 1. The number of hydrogen-bond donors (Lipinski definition) is 2. The molecule has 0 spiro atoms. The highest BCUT2D eigenvalue weighted by atomic mass is 127. The smallest absolute Gasteiger partial charge is 0.191 e. The normalized spacial score (nSPS) is 15.4. The van der Waals surface area contributed by atoms with Gasteiger partial charge in [-0.05, 0) is 43.0 Å². The van der Waals surface area contributed by atoms with Crippen LogP contribution >= 0.6 is 24.0 Å². The zero-order valence-corrected chi connectivity index (χ0v) is 20.8. The molecule has 2 aromatic rings. The summed E-state index contributed by atoms with van der Waals surface area (Å²) in [6.45, 7) is 6.97. The van der Waals surface area contributed by atoms with E-state index < -0.39 is 0 Å². The van der Waals surface area contributed by atoms with Crippen molar-refractivity contribution < 1.29 is 0 Å². The number of rotatable bonds is 7. The fraction of sp³-hybridized carbons (Fsp3) is 0.458. The molecule has 30 heavy (non-hydrogen) atoms. The Kier molecular flexibility index (Phi) is 10.4. The Morgan fingerprint density at radius 2 is 1.67 bits per heavy atom. The molecule has 6 heteroatoms. The van der Waals surface area contributed by atoms with Crippen LogP contribution in [0.15, 0.2) is 59.6 Å². The van der Waals surface area contributed by atoms with Gasteiger partial charge >= 0.3 is 0 Å². The van der Waals surface area contributed by atoms with Gasteiger partial charge in [-0.1, -0.05) is 42.5 Å². The molecule has 2 aromatic carbocycles. The molecule has 1 aliphatic rings. The molecule has 0 aliphatic carbocycles. The second-order valence-corrected chi connectivity index (χ2v) is 7.94. The van der Waals surface area contributed by atoms with Crippen molar-refractivity contribution in [2.75, 3.05) is 38.6 Å². The molecule has 0 saturated carbocycles. The summed E-state index contributed by atoms with van der Waals surface area (Å²) < 4.78 is 0. The number of halogens is 1. The van der Waals surface area contributed by atoms with E-state index in [1.807, 2.05) is 0 Å². The Labute approximate surface area is 199 Å². The maximum Gasteiger partial charge on any atom is 0.191 e. The van der Waals surface area contributed by atoms with E-state index in [4.69, 9.17) is 4.99 Å². The van der Waals surface area contributed by atoms with E-state index in [9.17, 15) is 0 Å². The van der Waals surface area contributed by atoms with Crippen molar-refractivity contribution in [3.63, 3.8) is 0 Å². The van der Waals surface area contributed by atoms with Gasteiger partial charge in [0.2, 0.25) is 0 Å². The fourth-order valence-corrected chi connectivity index (χ4v) is 3.66. The molecule has 0 radical (unpaired) electrons. The molecule has 0 atom stereocenters. The Hall–Kier alpha value is -1.80. The topological polar surface area (TPSA) is 42.9 Å². The molecule has 3 rings (SSSR count). The van der Waals surface area contributed by atoms with Gasteiger partial charge in [-0.15, -0.1) is 24.0 Å². The third-order valence-electron chi connectivity index (χ3n) is 5.39. The molecule has 0 aromatic heterocycles. The first-order chi connectivity index (χ1) is 14.1. The lowest BCUT2D eigenvalue weighted by Gasteiger charge is -2.33. The van der Waals surface area contributed by atoms with Crippen LogP contribution in [0.5, 0.6) is 0 Å². The predicted octanol–water partition coefficient (Wildman–Crippen LogP) is 4.09. The van der Waals surface area contributed by atoms with E-state index in [1.54, 1.807) is 0 Å². The minimum Gasteiger partial charge on any atom is -0.378 e. The van der Waals surface area contributed by atoms with Crippen LogP contribution in [-0.2, 0) is 13.1 Å². The first-order valence-corrected chi connectivity index (χ1v) is 10.7. The van der Waals surface area contributed by atoms with E-state index in [2.05, 4.69) is 96.0 Å². The highest BCUT2D eigenvalue weighted by Crippen LogP contribution is 2.15. The molecule has 164 valence electrons. The summed E-state index contributed by atoms with van der Waals surface area (Å²) in [5, 5.41) is 7.04. The number of nitrogens with one attached hydrogen (secondary N) is 2. The predicted molar refractivity (Wildman–Crippen MR) is 139 cm³/mol. The van der Waals surface area contributed by atoms with Crippen molar-refractivity contribution in [1.29, 1.82) is 0 Å². The Morgan fingerprint density at radius 3 is 2.27 bits per heavy atom. The highest BCUT2D eigenvalue weighted by molar-refractivity contribution is 14.0.